The first-order valence-electron chi connectivity index (χ1n) is 9.68. The first-order valence-corrected chi connectivity index (χ1v) is 9.68. The third kappa shape index (κ3) is 3.04. The summed E-state index contributed by atoms with van der Waals surface area (Å²) in [6.45, 7) is 5.37. The molecule has 0 bridgehead atoms. The van der Waals surface area contributed by atoms with Gasteiger partial charge >= 0.3 is 5.91 Å². The maximum Gasteiger partial charge on any atom is 0.317 e. The van der Waals surface area contributed by atoms with E-state index in [1.54, 1.807) is 6.07 Å². The van der Waals surface area contributed by atoms with Crippen LogP contribution >= 0.6 is 0 Å². The van der Waals surface area contributed by atoms with Crippen molar-refractivity contribution >= 4 is 5.91 Å². The molecular formula is C20H27N3O2. The Morgan fingerprint density at radius 3 is 2.48 bits per heavy atom. The van der Waals surface area contributed by atoms with Crippen LogP contribution in [-0.2, 0) is 6.54 Å². The average molecular weight is 341 g/mol. The molecule has 0 N–H and O–H groups in total. The van der Waals surface area contributed by atoms with Gasteiger partial charge in [-0.05, 0) is 62.9 Å². The maximum atomic E-state index is 11.8. The Labute approximate surface area is 149 Å². The number of nitroso groups, excluding NO2 is 1. The molecule has 2 aliphatic heterocycles. The van der Waals surface area contributed by atoms with E-state index in [4.69, 9.17) is 0 Å². The highest BCUT2D eigenvalue weighted by molar-refractivity contribution is 5.96. The highest BCUT2D eigenvalue weighted by Gasteiger charge is 2.37. The van der Waals surface area contributed by atoms with Crippen molar-refractivity contribution in [2.75, 3.05) is 13.1 Å². The molecule has 1 aliphatic carbocycles. The van der Waals surface area contributed by atoms with E-state index in [0.717, 1.165) is 18.2 Å². The lowest BCUT2D eigenvalue weighted by Gasteiger charge is -2.41. The van der Waals surface area contributed by atoms with Crippen LogP contribution in [0.15, 0.2) is 23.4 Å². The highest BCUT2D eigenvalue weighted by atomic mass is 16.3. The van der Waals surface area contributed by atoms with E-state index in [1.807, 2.05) is 6.07 Å². The van der Waals surface area contributed by atoms with Crippen LogP contribution in [-0.4, -0.2) is 40.9 Å². The van der Waals surface area contributed by atoms with Gasteiger partial charge in [-0.15, -0.1) is 4.91 Å². The van der Waals surface area contributed by atoms with Crippen molar-refractivity contribution < 1.29 is 4.79 Å². The van der Waals surface area contributed by atoms with E-state index >= 15 is 0 Å². The summed E-state index contributed by atoms with van der Waals surface area (Å²) in [5.41, 5.74) is 2.69. The summed E-state index contributed by atoms with van der Waals surface area (Å²) in [5, 5.41) is 2.64. The number of rotatable bonds is 3. The fourth-order valence-electron chi connectivity index (χ4n) is 5.22. The number of hydrogen-bond donors (Lipinski definition) is 0. The largest absolute Gasteiger partial charge is 0.317 e. The van der Waals surface area contributed by atoms with Gasteiger partial charge in [-0.1, -0.05) is 25.0 Å². The van der Waals surface area contributed by atoms with Gasteiger partial charge in [-0.25, -0.2) is 0 Å². The van der Waals surface area contributed by atoms with E-state index in [-0.39, 0.29) is 0 Å². The lowest BCUT2D eigenvalue weighted by atomic mass is 9.99. The number of amides is 1. The van der Waals surface area contributed by atoms with Crippen molar-refractivity contribution in [1.82, 2.24) is 9.80 Å². The SMILES string of the molecule is CC1c2cccc(C(=O)N=O)c2CN1C1CCN(C2CCCC2)CC1. The Morgan fingerprint density at radius 1 is 1.08 bits per heavy atom. The Kier molecular flexibility index (Phi) is 4.69. The Bertz CT molecular complexity index is 661. The van der Waals surface area contributed by atoms with E-state index in [2.05, 4.69) is 28.0 Å². The number of benzene rings is 1. The summed E-state index contributed by atoms with van der Waals surface area (Å²) in [5.74, 6) is -0.637. The minimum Gasteiger partial charge on any atom is -0.300 e. The summed E-state index contributed by atoms with van der Waals surface area (Å²) in [4.78, 5) is 27.8. The van der Waals surface area contributed by atoms with Crippen molar-refractivity contribution in [2.45, 2.75) is 70.1 Å². The molecule has 1 saturated heterocycles. The van der Waals surface area contributed by atoms with Gasteiger partial charge in [0.2, 0.25) is 0 Å². The Balaban J connectivity index is 1.46. The molecule has 1 aromatic rings. The number of likely N-dealkylation sites (tertiary alicyclic amines) is 1. The summed E-state index contributed by atoms with van der Waals surface area (Å²) in [6.07, 6.45) is 7.93. The van der Waals surface area contributed by atoms with E-state index in [1.165, 1.54) is 57.2 Å². The van der Waals surface area contributed by atoms with Crippen molar-refractivity contribution in [2.24, 2.45) is 5.18 Å². The molecule has 1 aromatic carbocycles. The Hall–Kier alpha value is -1.59. The van der Waals surface area contributed by atoms with Gasteiger partial charge in [-0.3, -0.25) is 9.69 Å². The smallest absolute Gasteiger partial charge is 0.300 e. The second-order valence-electron chi connectivity index (χ2n) is 7.82. The van der Waals surface area contributed by atoms with Crippen LogP contribution in [0.4, 0.5) is 0 Å². The van der Waals surface area contributed by atoms with Gasteiger partial charge in [0.15, 0.2) is 0 Å². The molecule has 0 radical (unpaired) electrons. The molecule has 1 atom stereocenters. The first-order chi connectivity index (χ1) is 12.2. The fourth-order valence-corrected chi connectivity index (χ4v) is 5.22. The molecule has 1 amide bonds. The van der Waals surface area contributed by atoms with Gasteiger partial charge < -0.3 is 4.90 Å². The van der Waals surface area contributed by atoms with Gasteiger partial charge in [-0.2, -0.15) is 0 Å². The monoisotopic (exact) mass is 341 g/mol. The van der Waals surface area contributed by atoms with Crippen LogP contribution in [0.1, 0.15) is 73.0 Å². The lowest BCUT2D eigenvalue weighted by Crippen LogP contribution is -2.46. The predicted octanol–water partition coefficient (Wildman–Crippen LogP) is 3.88. The Morgan fingerprint density at radius 2 is 1.80 bits per heavy atom. The zero-order valence-corrected chi connectivity index (χ0v) is 15.0. The fraction of sp³-hybridized carbons (Fsp3) is 0.650. The van der Waals surface area contributed by atoms with Crippen LogP contribution < -0.4 is 0 Å². The van der Waals surface area contributed by atoms with Crippen molar-refractivity contribution in [1.29, 1.82) is 0 Å². The van der Waals surface area contributed by atoms with Crippen LogP contribution in [0.3, 0.4) is 0 Å². The van der Waals surface area contributed by atoms with Crippen LogP contribution in [0, 0.1) is 4.91 Å². The molecule has 4 rings (SSSR count). The second-order valence-corrected chi connectivity index (χ2v) is 7.82. The van der Waals surface area contributed by atoms with Gasteiger partial charge in [0, 0.05) is 35.4 Å². The summed E-state index contributed by atoms with van der Waals surface area (Å²) < 4.78 is 0. The molecule has 134 valence electrons. The lowest BCUT2D eigenvalue weighted by molar-refractivity contribution is 0.0666. The summed E-state index contributed by atoms with van der Waals surface area (Å²) in [6, 6.07) is 7.39. The molecule has 2 heterocycles. The number of fused-ring (bicyclic) bond motifs is 1. The molecule has 25 heavy (non-hydrogen) atoms. The molecule has 5 heteroatoms. The molecule has 0 spiro atoms. The minimum absolute atomic E-state index is 0.303. The number of carbonyl (C=O) groups excluding carboxylic acids is 1. The molecule has 0 aromatic heterocycles. The molecule has 3 aliphatic rings. The molecule has 1 saturated carbocycles. The van der Waals surface area contributed by atoms with Crippen LogP contribution in [0.5, 0.6) is 0 Å². The third-order valence-electron chi connectivity index (χ3n) is 6.62. The standard InChI is InChI=1S/C20H27N3O2/c1-14-17-7-4-8-18(20(24)21-25)19(17)13-23(14)16-9-11-22(12-10-16)15-5-2-3-6-15/h4,7-8,14-16H,2-3,5-6,9-13H2,1H3. The van der Waals surface area contributed by atoms with Crippen molar-refractivity contribution in [3.8, 4) is 0 Å². The van der Waals surface area contributed by atoms with Gasteiger partial charge in [0.1, 0.15) is 0 Å². The van der Waals surface area contributed by atoms with Gasteiger partial charge in [0.25, 0.3) is 0 Å². The molecule has 5 nitrogen and oxygen atoms in total. The third-order valence-corrected chi connectivity index (χ3v) is 6.62. The maximum absolute atomic E-state index is 11.8. The number of carbonyl (C=O) groups is 1. The number of nitrogens with zero attached hydrogens (tertiary/aromatic N) is 3. The number of piperidine rings is 1. The van der Waals surface area contributed by atoms with E-state index in [9.17, 15) is 9.70 Å². The first kappa shape index (κ1) is 16.9. The van der Waals surface area contributed by atoms with Gasteiger partial charge in [0.05, 0.1) is 0 Å². The zero-order chi connectivity index (χ0) is 17.4. The normalized spacial score (nSPS) is 26.0. The second kappa shape index (κ2) is 6.96. The predicted molar refractivity (Wildman–Crippen MR) is 97.4 cm³/mol. The zero-order valence-electron chi connectivity index (χ0n) is 15.0. The van der Waals surface area contributed by atoms with Crippen molar-refractivity contribution in [3.05, 3.63) is 39.8 Å². The number of hydrogen-bond acceptors (Lipinski definition) is 4. The molecular weight excluding hydrogens is 314 g/mol. The van der Waals surface area contributed by atoms with Crippen LogP contribution in [0.25, 0.3) is 0 Å². The average Bonchev–Trinajstić information content (AvgIpc) is 3.30. The van der Waals surface area contributed by atoms with E-state index < -0.39 is 5.91 Å². The van der Waals surface area contributed by atoms with Crippen molar-refractivity contribution in [3.63, 3.8) is 0 Å². The summed E-state index contributed by atoms with van der Waals surface area (Å²) in [7, 11) is 0. The topological polar surface area (TPSA) is 53.0 Å². The minimum atomic E-state index is -0.637. The van der Waals surface area contributed by atoms with E-state index in [0.29, 0.717) is 17.6 Å². The summed E-state index contributed by atoms with van der Waals surface area (Å²) >= 11 is 0. The quantitative estimate of drug-likeness (QED) is 0.783. The highest BCUT2D eigenvalue weighted by Crippen LogP contribution is 2.39. The molecule has 2 fully saturated rings. The molecule has 1 unspecified atom stereocenters. The van der Waals surface area contributed by atoms with Crippen LogP contribution in [0.2, 0.25) is 0 Å².